The van der Waals surface area contributed by atoms with Crippen LogP contribution in [0.3, 0.4) is 0 Å². The SMILES string of the molecule is CCCc1nnc2n1N[C@H](c1ccc(Cl)cc1)[C@H](C(=O)Nc1cccc(OC)c1)S2. The minimum Gasteiger partial charge on any atom is -0.497 e. The number of benzene rings is 2. The molecule has 1 aliphatic heterocycles. The van der Waals surface area contributed by atoms with Gasteiger partial charge in [-0.2, -0.15) is 0 Å². The third-order valence-electron chi connectivity index (χ3n) is 4.80. The normalized spacial score (nSPS) is 17.7. The van der Waals surface area contributed by atoms with Crippen molar-refractivity contribution in [3.63, 3.8) is 0 Å². The predicted octanol–water partition coefficient (Wildman–Crippen LogP) is 4.29. The number of thioether (sulfide) groups is 1. The molecule has 0 radical (unpaired) electrons. The van der Waals surface area contributed by atoms with Crippen molar-refractivity contribution in [1.29, 1.82) is 0 Å². The van der Waals surface area contributed by atoms with Crippen molar-refractivity contribution < 1.29 is 9.53 Å². The number of halogens is 1. The van der Waals surface area contributed by atoms with E-state index in [2.05, 4.69) is 27.9 Å². The van der Waals surface area contributed by atoms with Gasteiger partial charge in [0.25, 0.3) is 0 Å². The molecule has 1 aliphatic rings. The average Bonchev–Trinajstić information content (AvgIpc) is 3.15. The summed E-state index contributed by atoms with van der Waals surface area (Å²) in [6.07, 6.45) is 1.75. The van der Waals surface area contributed by atoms with E-state index in [1.807, 2.05) is 47.1 Å². The maximum Gasteiger partial charge on any atom is 0.240 e. The van der Waals surface area contributed by atoms with Gasteiger partial charge in [-0.3, -0.25) is 4.79 Å². The molecule has 0 aliphatic carbocycles. The summed E-state index contributed by atoms with van der Waals surface area (Å²) in [4.78, 5) is 13.3. The first-order valence-electron chi connectivity index (χ1n) is 9.67. The maximum absolute atomic E-state index is 13.3. The second kappa shape index (κ2) is 8.97. The average molecular weight is 444 g/mol. The number of fused-ring (bicyclic) bond motifs is 1. The van der Waals surface area contributed by atoms with E-state index < -0.39 is 5.25 Å². The number of ether oxygens (including phenoxy) is 1. The highest BCUT2D eigenvalue weighted by Gasteiger charge is 2.37. The Morgan fingerprint density at radius 3 is 2.80 bits per heavy atom. The summed E-state index contributed by atoms with van der Waals surface area (Å²) in [5.41, 5.74) is 5.08. The number of rotatable bonds is 6. The van der Waals surface area contributed by atoms with Gasteiger partial charge in [-0.1, -0.05) is 48.5 Å². The Balaban J connectivity index is 1.65. The van der Waals surface area contributed by atoms with Crippen molar-refractivity contribution in [3.8, 4) is 5.75 Å². The largest absolute Gasteiger partial charge is 0.497 e. The molecule has 1 amide bonds. The highest BCUT2D eigenvalue weighted by Crippen LogP contribution is 2.38. The molecule has 4 rings (SSSR count). The van der Waals surface area contributed by atoms with E-state index >= 15 is 0 Å². The van der Waals surface area contributed by atoms with E-state index in [1.54, 1.807) is 13.2 Å². The lowest BCUT2D eigenvalue weighted by molar-refractivity contribution is -0.116. The summed E-state index contributed by atoms with van der Waals surface area (Å²) < 4.78 is 7.14. The molecule has 7 nitrogen and oxygen atoms in total. The molecule has 0 bridgehead atoms. The highest BCUT2D eigenvalue weighted by molar-refractivity contribution is 8.00. The molecule has 9 heteroatoms. The van der Waals surface area contributed by atoms with E-state index in [0.717, 1.165) is 24.2 Å². The van der Waals surface area contributed by atoms with Gasteiger partial charge in [-0.05, 0) is 36.2 Å². The van der Waals surface area contributed by atoms with Gasteiger partial charge in [-0.15, -0.1) is 10.2 Å². The summed E-state index contributed by atoms with van der Waals surface area (Å²) in [5.74, 6) is 1.40. The van der Waals surface area contributed by atoms with Crippen LogP contribution < -0.4 is 15.5 Å². The summed E-state index contributed by atoms with van der Waals surface area (Å²) in [5, 5.41) is 12.4. The Kier molecular flexibility index (Phi) is 6.15. The summed E-state index contributed by atoms with van der Waals surface area (Å²) in [6.45, 7) is 2.10. The van der Waals surface area contributed by atoms with Crippen LogP contribution in [0.4, 0.5) is 5.69 Å². The summed E-state index contributed by atoms with van der Waals surface area (Å²) >= 11 is 7.47. The Morgan fingerprint density at radius 1 is 1.27 bits per heavy atom. The van der Waals surface area contributed by atoms with Gasteiger partial charge in [0, 0.05) is 23.2 Å². The van der Waals surface area contributed by atoms with Gasteiger partial charge in [0.05, 0.1) is 13.2 Å². The fourth-order valence-corrected chi connectivity index (χ4v) is 4.54. The van der Waals surface area contributed by atoms with Crippen molar-refractivity contribution in [2.45, 2.75) is 36.2 Å². The van der Waals surface area contributed by atoms with E-state index in [-0.39, 0.29) is 11.9 Å². The maximum atomic E-state index is 13.3. The minimum absolute atomic E-state index is 0.132. The summed E-state index contributed by atoms with van der Waals surface area (Å²) in [7, 11) is 1.60. The molecular weight excluding hydrogens is 422 g/mol. The standard InChI is InChI=1S/C21H22ClN5O2S/c1-3-5-17-24-25-21-27(17)26-18(13-8-10-14(22)11-9-13)19(30-21)20(28)23-15-6-4-7-16(12-15)29-2/h4,6-12,18-19,26H,3,5H2,1-2H3,(H,23,28)/t18-,19-/m1/s1. The van der Waals surface area contributed by atoms with Gasteiger partial charge in [-0.25, -0.2) is 4.68 Å². The molecule has 3 aromatic rings. The van der Waals surface area contributed by atoms with Crippen LogP contribution in [0, 0.1) is 0 Å². The monoisotopic (exact) mass is 443 g/mol. The van der Waals surface area contributed by atoms with Gasteiger partial charge in [0.15, 0.2) is 5.82 Å². The molecule has 0 fully saturated rings. The lowest BCUT2D eigenvalue weighted by Gasteiger charge is -2.33. The van der Waals surface area contributed by atoms with E-state index in [4.69, 9.17) is 16.3 Å². The van der Waals surface area contributed by atoms with Crippen molar-refractivity contribution in [3.05, 3.63) is 64.9 Å². The Bertz CT molecular complexity index is 1040. The van der Waals surface area contributed by atoms with Crippen LogP contribution in [0.1, 0.15) is 30.8 Å². The van der Waals surface area contributed by atoms with Crippen molar-refractivity contribution in [2.75, 3.05) is 17.9 Å². The Hall–Kier alpha value is -2.71. The van der Waals surface area contributed by atoms with E-state index in [1.165, 1.54) is 11.8 Å². The van der Waals surface area contributed by atoms with Crippen LogP contribution in [-0.4, -0.2) is 33.1 Å². The molecular formula is C21H22ClN5O2S. The van der Waals surface area contributed by atoms with Crippen molar-refractivity contribution in [1.82, 2.24) is 14.9 Å². The second-order valence-corrected chi connectivity index (χ2v) is 8.45. The number of nitrogens with zero attached hydrogens (tertiary/aromatic N) is 3. The first kappa shape index (κ1) is 20.6. The molecule has 30 heavy (non-hydrogen) atoms. The number of hydrogen-bond donors (Lipinski definition) is 2. The molecule has 0 saturated carbocycles. The third-order valence-corrected chi connectivity index (χ3v) is 6.27. The molecule has 2 atom stereocenters. The highest BCUT2D eigenvalue weighted by atomic mass is 35.5. The van der Waals surface area contributed by atoms with Gasteiger partial charge in [0.2, 0.25) is 11.1 Å². The number of aryl methyl sites for hydroxylation is 1. The number of hydrogen-bond acceptors (Lipinski definition) is 6. The van der Waals surface area contributed by atoms with Crippen LogP contribution >= 0.6 is 23.4 Å². The number of nitrogens with one attached hydrogen (secondary N) is 2. The first-order chi connectivity index (χ1) is 14.6. The predicted molar refractivity (Wildman–Crippen MR) is 119 cm³/mol. The van der Waals surface area contributed by atoms with Gasteiger partial charge < -0.3 is 15.5 Å². The van der Waals surface area contributed by atoms with E-state index in [9.17, 15) is 4.79 Å². The number of methoxy groups -OCH3 is 1. The topological polar surface area (TPSA) is 81.1 Å². The van der Waals surface area contributed by atoms with Gasteiger partial charge in [0.1, 0.15) is 11.0 Å². The van der Waals surface area contributed by atoms with Crippen LogP contribution in [0.15, 0.2) is 53.7 Å². The molecule has 0 spiro atoms. The fourth-order valence-electron chi connectivity index (χ4n) is 3.32. The third kappa shape index (κ3) is 4.24. The second-order valence-electron chi connectivity index (χ2n) is 6.90. The fraction of sp³-hybridized carbons (Fsp3) is 0.286. The van der Waals surface area contributed by atoms with Crippen LogP contribution in [0.2, 0.25) is 5.02 Å². The Labute approximate surface area is 184 Å². The molecule has 156 valence electrons. The molecule has 2 aromatic carbocycles. The molecule has 0 unspecified atom stereocenters. The zero-order valence-electron chi connectivity index (χ0n) is 16.6. The van der Waals surface area contributed by atoms with Crippen LogP contribution in [0.5, 0.6) is 5.75 Å². The minimum atomic E-state index is -0.455. The van der Waals surface area contributed by atoms with Crippen molar-refractivity contribution in [2.24, 2.45) is 0 Å². The van der Waals surface area contributed by atoms with Crippen LogP contribution in [0.25, 0.3) is 0 Å². The molecule has 2 heterocycles. The lowest BCUT2D eigenvalue weighted by atomic mass is 10.0. The molecule has 0 saturated heterocycles. The van der Waals surface area contributed by atoms with Gasteiger partial charge >= 0.3 is 0 Å². The molecule has 2 N–H and O–H groups in total. The molecule has 1 aromatic heterocycles. The first-order valence-corrected chi connectivity index (χ1v) is 10.9. The van der Waals surface area contributed by atoms with E-state index in [0.29, 0.717) is 21.6 Å². The number of amides is 1. The zero-order chi connectivity index (χ0) is 21.1. The number of anilines is 1. The summed E-state index contributed by atoms with van der Waals surface area (Å²) in [6, 6.07) is 14.5. The number of carbonyl (C=O) groups excluding carboxylic acids is 1. The van der Waals surface area contributed by atoms with Crippen LogP contribution in [-0.2, 0) is 11.2 Å². The smallest absolute Gasteiger partial charge is 0.240 e. The number of aromatic nitrogens is 3. The number of carbonyl (C=O) groups is 1. The lowest BCUT2D eigenvalue weighted by Crippen LogP contribution is -2.41. The Morgan fingerprint density at radius 2 is 2.07 bits per heavy atom. The zero-order valence-corrected chi connectivity index (χ0v) is 18.2. The quantitative estimate of drug-likeness (QED) is 0.591. The van der Waals surface area contributed by atoms with Crippen molar-refractivity contribution >= 4 is 35.0 Å².